The van der Waals surface area contributed by atoms with Crippen LogP contribution in [0.15, 0.2) is 58.1 Å². The van der Waals surface area contributed by atoms with Crippen molar-refractivity contribution in [3.63, 3.8) is 0 Å². The van der Waals surface area contributed by atoms with Crippen molar-refractivity contribution >= 4 is 21.9 Å². The summed E-state index contributed by atoms with van der Waals surface area (Å²) in [6.07, 6.45) is 2.15. The first-order valence-electron chi connectivity index (χ1n) is 10.5. The Morgan fingerprint density at radius 1 is 1.18 bits per heavy atom. The van der Waals surface area contributed by atoms with Crippen LogP contribution in [0, 0.1) is 11.3 Å². The molecule has 0 unspecified atom stereocenters. The molecule has 0 aliphatic carbocycles. The van der Waals surface area contributed by atoms with Crippen LogP contribution in [-0.4, -0.2) is 31.4 Å². The largest absolute Gasteiger partial charge is 0.497 e. The number of rotatable bonds is 6. The number of benzene rings is 2. The highest BCUT2D eigenvalue weighted by Gasteiger charge is 2.18. The lowest BCUT2D eigenvalue weighted by molar-refractivity contribution is 0.365. The van der Waals surface area contributed by atoms with Gasteiger partial charge >= 0.3 is 0 Å². The smallest absolute Gasteiger partial charge is 0.278 e. The van der Waals surface area contributed by atoms with Gasteiger partial charge in [-0.15, -0.1) is 0 Å². The van der Waals surface area contributed by atoms with E-state index in [1.165, 1.54) is 10.9 Å². The quantitative estimate of drug-likeness (QED) is 0.398. The van der Waals surface area contributed by atoms with E-state index in [0.717, 1.165) is 16.5 Å². The molecule has 0 saturated heterocycles. The van der Waals surface area contributed by atoms with E-state index in [1.54, 1.807) is 13.2 Å². The van der Waals surface area contributed by atoms with E-state index in [0.29, 0.717) is 47.0 Å². The molecule has 0 atom stereocenters. The van der Waals surface area contributed by atoms with Gasteiger partial charge in [0.05, 0.1) is 30.6 Å². The van der Waals surface area contributed by atoms with Gasteiger partial charge in [0, 0.05) is 18.4 Å². The van der Waals surface area contributed by atoms with Gasteiger partial charge in [0.15, 0.2) is 5.82 Å². The molecule has 0 bridgehead atoms. The van der Waals surface area contributed by atoms with Crippen molar-refractivity contribution in [3.8, 4) is 11.8 Å². The fraction of sp³-hybridized carbons (Fsp3) is 0.208. The second kappa shape index (κ2) is 8.24. The third-order valence-corrected chi connectivity index (χ3v) is 5.56. The third kappa shape index (κ3) is 3.61. The molecule has 9 heteroatoms. The zero-order valence-corrected chi connectivity index (χ0v) is 18.1. The molecule has 9 nitrogen and oxygen atoms in total. The van der Waals surface area contributed by atoms with Crippen LogP contribution in [0.5, 0.6) is 5.75 Å². The highest BCUT2D eigenvalue weighted by atomic mass is 16.5. The standard InChI is InChI=1S/C24H20N6O3/c1-3-20-27-21(33-28-20)13-29-14-26-22-18-10-17(32-2)7-8-19(18)30(23(22)24(29)31)12-16-6-4-5-15(9-16)11-25/h4-10,14H,3,12-13H2,1-2H3. The number of aryl methyl sites for hydroxylation is 1. The van der Waals surface area contributed by atoms with E-state index in [2.05, 4.69) is 21.2 Å². The lowest BCUT2D eigenvalue weighted by atomic mass is 10.1. The van der Waals surface area contributed by atoms with Crippen molar-refractivity contribution in [2.75, 3.05) is 7.11 Å². The molecular formula is C24H20N6O3. The first kappa shape index (κ1) is 20.5. The summed E-state index contributed by atoms with van der Waals surface area (Å²) in [5.41, 5.74) is 3.14. The van der Waals surface area contributed by atoms with Crippen LogP contribution in [-0.2, 0) is 19.5 Å². The van der Waals surface area contributed by atoms with Gasteiger partial charge in [0.25, 0.3) is 5.56 Å². The van der Waals surface area contributed by atoms with Gasteiger partial charge in [-0.05, 0) is 35.9 Å². The molecule has 0 radical (unpaired) electrons. The monoisotopic (exact) mass is 440 g/mol. The molecular weight excluding hydrogens is 420 g/mol. The van der Waals surface area contributed by atoms with Gasteiger partial charge in [-0.2, -0.15) is 10.2 Å². The highest BCUT2D eigenvalue weighted by molar-refractivity contribution is 6.06. The van der Waals surface area contributed by atoms with Gasteiger partial charge in [-0.1, -0.05) is 24.2 Å². The molecule has 5 aromatic rings. The minimum absolute atomic E-state index is 0.129. The number of ether oxygens (including phenoxy) is 1. The Labute approximate surface area is 188 Å². The summed E-state index contributed by atoms with van der Waals surface area (Å²) < 4.78 is 14.0. The summed E-state index contributed by atoms with van der Waals surface area (Å²) in [5.74, 6) is 1.61. The van der Waals surface area contributed by atoms with Crippen molar-refractivity contribution in [3.05, 3.63) is 82.0 Å². The molecule has 2 aromatic carbocycles. The zero-order chi connectivity index (χ0) is 22.9. The summed E-state index contributed by atoms with van der Waals surface area (Å²) in [4.78, 5) is 22.5. The predicted octanol–water partition coefficient (Wildman–Crippen LogP) is 3.27. The average molecular weight is 440 g/mol. The summed E-state index contributed by atoms with van der Waals surface area (Å²) in [5, 5.41) is 14.0. The van der Waals surface area contributed by atoms with E-state index >= 15 is 0 Å². The Kier molecular flexibility index (Phi) is 5.11. The Hall–Kier alpha value is -4.45. The van der Waals surface area contributed by atoms with Crippen LogP contribution < -0.4 is 10.3 Å². The van der Waals surface area contributed by atoms with Gasteiger partial charge in [0.2, 0.25) is 5.89 Å². The Morgan fingerprint density at radius 2 is 2.06 bits per heavy atom. The van der Waals surface area contributed by atoms with Gasteiger partial charge in [-0.25, -0.2) is 4.98 Å². The molecule has 3 aromatic heterocycles. The zero-order valence-electron chi connectivity index (χ0n) is 18.1. The minimum atomic E-state index is -0.220. The van der Waals surface area contributed by atoms with Crippen molar-refractivity contribution in [1.82, 2.24) is 24.3 Å². The predicted molar refractivity (Wildman–Crippen MR) is 121 cm³/mol. The molecule has 0 N–H and O–H groups in total. The summed E-state index contributed by atoms with van der Waals surface area (Å²) in [6, 6.07) is 15.2. The Bertz CT molecular complexity index is 1590. The second-order valence-corrected chi connectivity index (χ2v) is 7.61. The lowest BCUT2D eigenvalue weighted by Gasteiger charge is -2.09. The van der Waals surface area contributed by atoms with Crippen LogP contribution in [0.1, 0.15) is 29.8 Å². The maximum Gasteiger partial charge on any atom is 0.278 e. The first-order valence-corrected chi connectivity index (χ1v) is 10.5. The maximum absolute atomic E-state index is 13.6. The molecule has 0 saturated carbocycles. The van der Waals surface area contributed by atoms with Crippen molar-refractivity contribution < 1.29 is 9.26 Å². The summed E-state index contributed by atoms with van der Waals surface area (Å²) >= 11 is 0. The average Bonchev–Trinajstić information content (AvgIpc) is 3.43. The number of fused-ring (bicyclic) bond motifs is 3. The van der Waals surface area contributed by atoms with Gasteiger partial charge < -0.3 is 13.8 Å². The fourth-order valence-electron chi connectivity index (χ4n) is 3.95. The lowest BCUT2D eigenvalue weighted by Crippen LogP contribution is -2.23. The topological polar surface area (TPSA) is 112 Å². The van der Waals surface area contributed by atoms with Crippen LogP contribution >= 0.6 is 0 Å². The Balaban J connectivity index is 1.71. The third-order valence-electron chi connectivity index (χ3n) is 5.56. The Morgan fingerprint density at radius 3 is 2.82 bits per heavy atom. The van der Waals surface area contributed by atoms with Crippen LogP contribution in [0.3, 0.4) is 0 Å². The number of aromatic nitrogens is 5. The summed E-state index contributed by atoms with van der Waals surface area (Å²) in [7, 11) is 1.60. The molecule has 33 heavy (non-hydrogen) atoms. The van der Waals surface area contributed by atoms with E-state index < -0.39 is 0 Å². The number of methoxy groups -OCH3 is 1. The highest BCUT2D eigenvalue weighted by Crippen LogP contribution is 2.29. The summed E-state index contributed by atoms with van der Waals surface area (Å²) in [6.45, 7) is 2.47. The van der Waals surface area contributed by atoms with Crippen molar-refractivity contribution in [2.24, 2.45) is 0 Å². The first-order chi connectivity index (χ1) is 16.1. The van der Waals surface area contributed by atoms with Crippen LogP contribution in [0.25, 0.3) is 21.9 Å². The normalized spacial score (nSPS) is 11.2. The van der Waals surface area contributed by atoms with Crippen molar-refractivity contribution in [1.29, 1.82) is 5.26 Å². The second-order valence-electron chi connectivity index (χ2n) is 7.61. The molecule has 3 heterocycles. The number of hydrogen-bond acceptors (Lipinski definition) is 7. The van der Waals surface area contributed by atoms with E-state index in [9.17, 15) is 10.1 Å². The SMILES string of the molecule is CCc1noc(Cn2cnc3c4cc(OC)ccc4n(Cc4cccc(C#N)c4)c3c2=O)n1. The molecule has 0 aliphatic rings. The van der Waals surface area contributed by atoms with E-state index in [4.69, 9.17) is 9.26 Å². The minimum Gasteiger partial charge on any atom is -0.497 e. The molecule has 0 amide bonds. The number of hydrogen-bond donors (Lipinski definition) is 0. The van der Waals surface area contributed by atoms with E-state index in [-0.39, 0.29) is 12.1 Å². The van der Waals surface area contributed by atoms with E-state index in [1.807, 2.05) is 47.9 Å². The van der Waals surface area contributed by atoms with Gasteiger partial charge in [-0.3, -0.25) is 9.36 Å². The maximum atomic E-state index is 13.6. The number of nitriles is 1. The fourth-order valence-corrected chi connectivity index (χ4v) is 3.95. The van der Waals surface area contributed by atoms with Crippen LogP contribution in [0.4, 0.5) is 0 Å². The molecule has 0 aliphatic heterocycles. The molecule has 0 fully saturated rings. The number of nitrogens with zero attached hydrogens (tertiary/aromatic N) is 6. The van der Waals surface area contributed by atoms with Gasteiger partial charge in [0.1, 0.15) is 23.3 Å². The van der Waals surface area contributed by atoms with Crippen LogP contribution in [0.2, 0.25) is 0 Å². The molecule has 5 rings (SSSR count). The molecule has 0 spiro atoms. The molecule has 164 valence electrons. The van der Waals surface area contributed by atoms with Crippen molar-refractivity contribution in [2.45, 2.75) is 26.4 Å².